The van der Waals surface area contributed by atoms with Crippen LogP contribution in [0.1, 0.15) is 48.6 Å². The second kappa shape index (κ2) is 7.64. The van der Waals surface area contributed by atoms with Gasteiger partial charge < -0.3 is 9.13 Å². The summed E-state index contributed by atoms with van der Waals surface area (Å²) in [5, 5.41) is 13.5. The van der Waals surface area contributed by atoms with E-state index < -0.39 is 0 Å². The van der Waals surface area contributed by atoms with Crippen molar-refractivity contribution < 1.29 is 0 Å². The summed E-state index contributed by atoms with van der Waals surface area (Å²) in [5.74, 6) is 2.64. The highest BCUT2D eigenvalue weighted by Gasteiger charge is 2.26. The molecule has 0 saturated carbocycles. The van der Waals surface area contributed by atoms with Crippen LogP contribution >= 0.6 is 0 Å². The van der Waals surface area contributed by atoms with Gasteiger partial charge >= 0.3 is 0 Å². The summed E-state index contributed by atoms with van der Waals surface area (Å²) in [6.07, 6.45) is 9.98. The highest BCUT2D eigenvalue weighted by Crippen LogP contribution is 2.28. The van der Waals surface area contributed by atoms with Gasteiger partial charge in [0.25, 0.3) is 0 Å². The number of hydrogen-bond donors (Lipinski definition) is 0. The molecule has 0 atom stereocenters. The molecule has 1 aliphatic heterocycles. The van der Waals surface area contributed by atoms with Crippen LogP contribution in [0, 0.1) is 6.92 Å². The van der Waals surface area contributed by atoms with Gasteiger partial charge in [-0.1, -0.05) is 0 Å². The molecular weight excluding hydrogens is 340 g/mol. The molecule has 0 radical (unpaired) electrons. The van der Waals surface area contributed by atoms with Crippen molar-refractivity contribution in [2.75, 3.05) is 13.1 Å². The first kappa shape index (κ1) is 17.9. The highest BCUT2D eigenvalue weighted by molar-refractivity contribution is 5.15. The van der Waals surface area contributed by atoms with Crippen LogP contribution in [0.5, 0.6) is 0 Å². The molecule has 1 aliphatic rings. The van der Waals surface area contributed by atoms with E-state index in [1.165, 1.54) is 5.56 Å². The molecule has 0 aromatic carbocycles. The van der Waals surface area contributed by atoms with Crippen molar-refractivity contribution in [3.05, 3.63) is 47.8 Å². The van der Waals surface area contributed by atoms with Gasteiger partial charge in [-0.2, -0.15) is 5.10 Å². The van der Waals surface area contributed by atoms with Crippen molar-refractivity contribution in [3.8, 4) is 0 Å². The van der Waals surface area contributed by atoms with Gasteiger partial charge in [0.1, 0.15) is 5.82 Å². The van der Waals surface area contributed by atoms with Crippen molar-refractivity contribution in [3.63, 3.8) is 0 Å². The summed E-state index contributed by atoms with van der Waals surface area (Å²) in [5.41, 5.74) is 2.46. The fourth-order valence-electron chi connectivity index (χ4n) is 4.05. The maximum atomic E-state index is 4.57. The lowest BCUT2D eigenvalue weighted by Crippen LogP contribution is -2.33. The van der Waals surface area contributed by atoms with Crippen molar-refractivity contribution in [1.82, 2.24) is 39.0 Å². The van der Waals surface area contributed by atoms with Crippen LogP contribution in [-0.4, -0.2) is 52.1 Å². The second-order valence-electron chi connectivity index (χ2n) is 7.42. The third-order valence-electron chi connectivity index (χ3n) is 5.52. The number of nitrogens with zero attached hydrogens (tertiary/aromatic N) is 8. The Kier molecular flexibility index (Phi) is 5.07. The van der Waals surface area contributed by atoms with E-state index in [-0.39, 0.29) is 0 Å². The Morgan fingerprint density at radius 3 is 2.59 bits per heavy atom. The van der Waals surface area contributed by atoms with Crippen LogP contribution in [0.2, 0.25) is 0 Å². The van der Waals surface area contributed by atoms with E-state index >= 15 is 0 Å². The number of piperidine rings is 1. The molecule has 0 N–H and O–H groups in total. The minimum Gasteiger partial charge on any atom is -0.330 e. The SMILES string of the molecule is CCn1c(Cn2ccnc2)nnc1C1CCN(Cc2cn(C)nc2C)CC1. The molecule has 3 aromatic rings. The van der Waals surface area contributed by atoms with Crippen LogP contribution < -0.4 is 0 Å². The van der Waals surface area contributed by atoms with Crippen LogP contribution in [0.4, 0.5) is 0 Å². The van der Waals surface area contributed by atoms with E-state index in [9.17, 15) is 0 Å². The number of aryl methyl sites for hydroxylation is 2. The van der Waals surface area contributed by atoms with Crippen LogP contribution in [-0.2, 0) is 26.7 Å². The lowest BCUT2D eigenvalue weighted by molar-refractivity contribution is 0.199. The molecule has 3 aromatic heterocycles. The van der Waals surface area contributed by atoms with Gasteiger partial charge in [-0.05, 0) is 39.8 Å². The van der Waals surface area contributed by atoms with Gasteiger partial charge in [0.05, 0.1) is 18.6 Å². The largest absolute Gasteiger partial charge is 0.330 e. The molecule has 8 heteroatoms. The highest BCUT2D eigenvalue weighted by atomic mass is 15.3. The minimum absolute atomic E-state index is 0.486. The maximum absolute atomic E-state index is 4.57. The van der Waals surface area contributed by atoms with E-state index in [1.54, 1.807) is 6.20 Å². The van der Waals surface area contributed by atoms with Gasteiger partial charge in [-0.3, -0.25) is 9.58 Å². The third-order valence-corrected chi connectivity index (χ3v) is 5.52. The Hall–Kier alpha value is -2.48. The minimum atomic E-state index is 0.486. The number of hydrogen-bond acceptors (Lipinski definition) is 5. The van der Waals surface area contributed by atoms with Crippen LogP contribution in [0.25, 0.3) is 0 Å². The van der Waals surface area contributed by atoms with Crippen molar-refractivity contribution >= 4 is 0 Å². The van der Waals surface area contributed by atoms with E-state index in [1.807, 2.05) is 28.8 Å². The predicted octanol–water partition coefficient (Wildman–Crippen LogP) is 1.96. The average molecular weight is 368 g/mol. The van der Waals surface area contributed by atoms with E-state index in [4.69, 9.17) is 0 Å². The lowest BCUT2D eigenvalue weighted by atomic mass is 9.95. The molecule has 0 unspecified atom stereocenters. The van der Waals surface area contributed by atoms with Gasteiger partial charge in [0, 0.05) is 50.2 Å². The molecule has 0 amide bonds. The second-order valence-corrected chi connectivity index (χ2v) is 7.42. The monoisotopic (exact) mass is 368 g/mol. The number of aromatic nitrogens is 7. The standard InChI is InChI=1S/C19H28N8/c1-4-27-18(13-26-10-7-20-14-26)21-22-19(27)16-5-8-25(9-6-16)12-17-11-24(3)23-15(17)2/h7,10-11,14,16H,4-6,8-9,12-13H2,1-3H3. The molecule has 0 bridgehead atoms. The molecule has 0 spiro atoms. The molecular formula is C19H28N8. The number of imidazole rings is 1. The molecule has 1 fully saturated rings. The maximum Gasteiger partial charge on any atom is 0.153 e. The van der Waals surface area contributed by atoms with Crippen LogP contribution in [0.3, 0.4) is 0 Å². The topological polar surface area (TPSA) is 69.6 Å². The Morgan fingerprint density at radius 1 is 1.15 bits per heavy atom. The normalized spacial score (nSPS) is 16.3. The molecule has 27 heavy (non-hydrogen) atoms. The Labute approximate surface area is 159 Å². The molecule has 0 aliphatic carbocycles. The summed E-state index contributed by atoms with van der Waals surface area (Å²) >= 11 is 0. The van der Waals surface area contributed by atoms with E-state index in [2.05, 4.69) is 49.8 Å². The van der Waals surface area contributed by atoms with Gasteiger partial charge in [-0.15, -0.1) is 10.2 Å². The lowest BCUT2D eigenvalue weighted by Gasteiger charge is -2.31. The Balaban J connectivity index is 1.40. The summed E-state index contributed by atoms with van der Waals surface area (Å²) in [7, 11) is 1.99. The fraction of sp³-hybridized carbons (Fsp3) is 0.579. The van der Waals surface area contributed by atoms with Crippen molar-refractivity contribution in [2.24, 2.45) is 7.05 Å². The zero-order valence-corrected chi connectivity index (χ0v) is 16.4. The molecule has 144 valence electrons. The Morgan fingerprint density at radius 2 is 1.96 bits per heavy atom. The third kappa shape index (κ3) is 3.80. The summed E-state index contributed by atoms with van der Waals surface area (Å²) in [4.78, 5) is 6.64. The average Bonchev–Trinajstić information content (AvgIpc) is 3.38. The fourth-order valence-corrected chi connectivity index (χ4v) is 4.05. The first-order chi connectivity index (χ1) is 13.1. The molecule has 4 heterocycles. The Bertz CT molecular complexity index is 868. The first-order valence-electron chi connectivity index (χ1n) is 9.73. The first-order valence-corrected chi connectivity index (χ1v) is 9.73. The smallest absolute Gasteiger partial charge is 0.153 e. The molecule has 4 rings (SSSR count). The quantitative estimate of drug-likeness (QED) is 0.665. The van der Waals surface area contributed by atoms with Crippen LogP contribution in [0.15, 0.2) is 24.9 Å². The summed E-state index contributed by atoms with van der Waals surface area (Å²) < 4.78 is 6.23. The summed E-state index contributed by atoms with van der Waals surface area (Å²) in [6, 6.07) is 0. The molecule has 8 nitrogen and oxygen atoms in total. The number of rotatable bonds is 6. The molecule has 1 saturated heterocycles. The number of likely N-dealkylation sites (tertiary alicyclic amines) is 1. The van der Waals surface area contributed by atoms with Crippen molar-refractivity contribution in [1.29, 1.82) is 0 Å². The van der Waals surface area contributed by atoms with E-state index in [0.717, 1.165) is 62.9 Å². The van der Waals surface area contributed by atoms with Gasteiger partial charge in [0.15, 0.2) is 5.82 Å². The van der Waals surface area contributed by atoms with Crippen molar-refractivity contribution in [2.45, 2.75) is 52.2 Å². The summed E-state index contributed by atoms with van der Waals surface area (Å²) in [6.45, 7) is 9.05. The zero-order chi connectivity index (χ0) is 18.8. The van der Waals surface area contributed by atoms with Gasteiger partial charge in [-0.25, -0.2) is 4.98 Å². The zero-order valence-electron chi connectivity index (χ0n) is 16.4. The van der Waals surface area contributed by atoms with Gasteiger partial charge in [0.2, 0.25) is 0 Å². The van der Waals surface area contributed by atoms with E-state index in [0.29, 0.717) is 5.92 Å². The predicted molar refractivity (Wildman–Crippen MR) is 102 cm³/mol.